The molecule has 0 spiro atoms. The average molecular weight is 335 g/mol. The molecule has 1 aliphatic carbocycles. The van der Waals surface area contributed by atoms with Crippen LogP contribution in [0, 0.1) is 0 Å². The fourth-order valence-corrected chi connectivity index (χ4v) is 3.08. The molecule has 0 saturated heterocycles. The summed E-state index contributed by atoms with van der Waals surface area (Å²) in [5.74, 6) is 0. The number of rotatable bonds is 2. The van der Waals surface area contributed by atoms with Crippen LogP contribution < -0.4 is 5.32 Å². The van der Waals surface area contributed by atoms with Crippen LogP contribution in [0.1, 0.15) is 19.3 Å². The van der Waals surface area contributed by atoms with Crippen molar-refractivity contribution in [2.45, 2.75) is 31.4 Å². The molecular weight excluding hydrogens is 322 g/mol. The summed E-state index contributed by atoms with van der Waals surface area (Å²) >= 11 is 6.91. The highest BCUT2D eigenvalue weighted by molar-refractivity contribution is 9.11. The summed E-state index contributed by atoms with van der Waals surface area (Å²) in [6, 6.07) is 6.21. The van der Waals surface area contributed by atoms with Crippen LogP contribution in [0.25, 0.3) is 0 Å². The molecular formula is C11H13Br2NO. The second kappa shape index (κ2) is 4.85. The van der Waals surface area contributed by atoms with Gasteiger partial charge in [0.05, 0.1) is 12.1 Å². The highest BCUT2D eigenvalue weighted by atomic mass is 79.9. The highest BCUT2D eigenvalue weighted by Gasteiger charge is 2.25. The molecule has 0 aromatic heterocycles. The highest BCUT2D eigenvalue weighted by Crippen LogP contribution is 2.29. The second-order valence-corrected chi connectivity index (χ2v) is 5.64. The van der Waals surface area contributed by atoms with Crippen molar-refractivity contribution in [1.29, 1.82) is 0 Å². The third kappa shape index (κ3) is 2.74. The second-order valence-electron chi connectivity index (χ2n) is 3.87. The van der Waals surface area contributed by atoms with Crippen molar-refractivity contribution in [3.63, 3.8) is 0 Å². The largest absolute Gasteiger partial charge is 0.391 e. The number of aliphatic hydroxyl groups is 1. The maximum atomic E-state index is 9.71. The van der Waals surface area contributed by atoms with Crippen LogP contribution in [0.4, 0.5) is 5.69 Å². The molecule has 1 aromatic carbocycles. The molecule has 0 amide bonds. The van der Waals surface area contributed by atoms with E-state index in [1.807, 2.05) is 18.2 Å². The first-order valence-electron chi connectivity index (χ1n) is 5.06. The molecule has 1 fully saturated rings. The summed E-state index contributed by atoms with van der Waals surface area (Å²) in [6.45, 7) is 0. The zero-order valence-corrected chi connectivity index (χ0v) is 11.4. The Morgan fingerprint density at radius 3 is 2.67 bits per heavy atom. The van der Waals surface area contributed by atoms with Gasteiger partial charge in [-0.1, -0.05) is 15.9 Å². The number of anilines is 1. The molecule has 0 radical (unpaired) electrons. The van der Waals surface area contributed by atoms with E-state index in [2.05, 4.69) is 37.2 Å². The van der Waals surface area contributed by atoms with Crippen molar-refractivity contribution in [2.24, 2.45) is 0 Å². The van der Waals surface area contributed by atoms with Crippen molar-refractivity contribution in [1.82, 2.24) is 0 Å². The molecule has 0 aliphatic heterocycles. The molecule has 82 valence electrons. The van der Waals surface area contributed by atoms with Crippen molar-refractivity contribution in [3.05, 3.63) is 27.1 Å². The Morgan fingerprint density at radius 2 is 2.07 bits per heavy atom. The molecule has 1 saturated carbocycles. The fraction of sp³-hybridized carbons (Fsp3) is 0.455. The lowest BCUT2D eigenvalue weighted by molar-refractivity contribution is 0.172. The van der Waals surface area contributed by atoms with Gasteiger partial charge in [-0.2, -0.15) is 0 Å². The SMILES string of the molecule is O[C@@H]1CCC[C@H]1Nc1ccc(Br)cc1Br. The number of nitrogens with one attached hydrogen (secondary N) is 1. The Hall–Kier alpha value is -0.0600. The standard InChI is InChI=1S/C11H13Br2NO/c12-7-4-5-9(8(13)6-7)14-10-2-1-3-11(10)15/h4-6,10-11,14-15H,1-3H2/t10-,11-/m1/s1. The Bertz CT molecular complexity index is 356. The molecule has 1 aliphatic rings. The first-order chi connectivity index (χ1) is 7.16. The summed E-state index contributed by atoms with van der Waals surface area (Å²) < 4.78 is 2.07. The number of halogens is 2. The van der Waals surface area contributed by atoms with Crippen LogP contribution >= 0.6 is 31.9 Å². The maximum Gasteiger partial charge on any atom is 0.0741 e. The molecule has 1 aromatic rings. The first-order valence-corrected chi connectivity index (χ1v) is 6.65. The van der Waals surface area contributed by atoms with Gasteiger partial charge in [-0.3, -0.25) is 0 Å². The van der Waals surface area contributed by atoms with Crippen molar-refractivity contribution in [2.75, 3.05) is 5.32 Å². The Morgan fingerprint density at radius 1 is 1.27 bits per heavy atom. The number of hydrogen-bond acceptors (Lipinski definition) is 2. The number of hydrogen-bond donors (Lipinski definition) is 2. The molecule has 15 heavy (non-hydrogen) atoms. The zero-order valence-electron chi connectivity index (χ0n) is 8.21. The average Bonchev–Trinajstić information content (AvgIpc) is 2.57. The van der Waals surface area contributed by atoms with E-state index in [0.29, 0.717) is 0 Å². The zero-order chi connectivity index (χ0) is 10.8. The Labute approximate surface area is 106 Å². The predicted molar refractivity (Wildman–Crippen MR) is 69.1 cm³/mol. The third-order valence-corrected chi connectivity index (χ3v) is 3.90. The van der Waals surface area contributed by atoms with Gasteiger partial charge in [0.1, 0.15) is 0 Å². The van der Waals surface area contributed by atoms with E-state index in [4.69, 9.17) is 0 Å². The molecule has 2 N–H and O–H groups in total. The summed E-state index contributed by atoms with van der Waals surface area (Å²) in [5.41, 5.74) is 1.05. The van der Waals surface area contributed by atoms with E-state index in [-0.39, 0.29) is 12.1 Å². The number of benzene rings is 1. The van der Waals surface area contributed by atoms with Gasteiger partial charge < -0.3 is 10.4 Å². The molecule has 0 bridgehead atoms. The monoisotopic (exact) mass is 333 g/mol. The van der Waals surface area contributed by atoms with Gasteiger partial charge in [0.2, 0.25) is 0 Å². The minimum absolute atomic E-state index is 0.197. The smallest absolute Gasteiger partial charge is 0.0741 e. The first kappa shape index (κ1) is 11.4. The fourth-order valence-electron chi connectivity index (χ4n) is 1.92. The Kier molecular flexibility index (Phi) is 3.69. The number of aliphatic hydroxyl groups excluding tert-OH is 1. The van der Waals surface area contributed by atoms with Gasteiger partial charge in [-0.05, 0) is 53.4 Å². The van der Waals surface area contributed by atoms with Crippen molar-refractivity contribution >= 4 is 37.5 Å². The maximum absolute atomic E-state index is 9.71. The topological polar surface area (TPSA) is 32.3 Å². The minimum atomic E-state index is -0.208. The van der Waals surface area contributed by atoms with Crippen molar-refractivity contribution in [3.8, 4) is 0 Å². The van der Waals surface area contributed by atoms with Crippen LogP contribution in [0.2, 0.25) is 0 Å². The molecule has 0 unspecified atom stereocenters. The van der Waals surface area contributed by atoms with E-state index in [9.17, 15) is 5.11 Å². The van der Waals surface area contributed by atoms with Crippen LogP contribution in [0.3, 0.4) is 0 Å². The summed E-state index contributed by atoms with van der Waals surface area (Å²) in [4.78, 5) is 0. The summed E-state index contributed by atoms with van der Waals surface area (Å²) in [6.07, 6.45) is 2.85. The lowest BCUT2D eigenvalue weighted by Gasteiger charge is -2.18. The van der Waals surface area contributed by atoms with Crippen molar-refractivity contribution < 1.29 is 5.11 Å². The third-order valence-electron chi connectivity index (χ3n) is 2.75. The predicted octanol–water partition coefficient (Wildman–Crippen LogP) is 3.54. The quantitative estimate of drug-likeness (QED) is 0.867. The van der Waals surface area contributed by atoms with Gasteiger partial charge in [0, 0.05) is 14.6 Å². The molecule has 4 heteroatoms. The lowest BCUT2D eigenvalue weighted by Crippen LogP contribution is -2.27. The summed E-state index contributed by atoms with van der Waals surface area (Å²) in [7, 11) is 0. The molecule has 0 heterocycles. The van der Waals surface area contributed by atoms with Gasteiger partial charge in [-0.25, -0.2) is 0 Å². The lowest BCUT2D eigenvalue weighted by atomic mass is 10.2. The summed E-state index contributed by atoms with van der Waals surface area (Å²) in [5, 5.41) is 13.1. The van der Waals surface area contributed by atoms with Crippen LogP contribution in [-0.2, 0) is 0 Å². The normalized spacial score (nSPS) is 25.5. The van der Waals surface area contributed by atoms with E-state index >= 15 is 0 Å². The van der Waals surface area contributed by atoms with Crippen LogP contribution in [0.15, 0.2) is 27.1 Å². The van der Waals surface area contributed by atoms with E-state index in [1.54, 1.807) is 0 Å². The van der Waals surface area contributed by atoms with E-state index < -0.39 is 0 Å². The van der Waals surface area contributed by atoms with Gasteiger partial charge >= 0.3 is 0 Å². The van der Waals surface area contributed by atoms with Gasteiger partial charge in [0.15, 0.2) is 0 Å². The molecule has 2 atom stereocenters. The van der Waals surface area contributed by atoms with Crippen LogP contribution in [-0.4, -0.2) is 17.3 Å². The molecule has 2 rings (SSSR count). The van der Waals surface area contributed by atoms with E-state index in [1.165, 1.54) is 0 Å². The van der Waals surface area contributed by atoms with Gasteiger partial charge in [-0.15, -0.1) is 0 Å². The minimum Gasteiger partial charge on any atom is -0.391 e. The Balaban J connectivity index is 2.10. The molecule has 2 nitrogen and oxygen atoms in total. The van der Waals surface area contributed by atoms with Crippen LogP contribution in [0.5, 0.6) is 0 Å². The van der Waals surface area contributed by atoms with Gasteiger partial charge in [0.25, 0.3) is 0 Å². The van der Waals surface area contributed by atoms with E-state index in [0.717, 1.165) is 33.9 Å².